The van der Waals surface area contributed by atoms with Crippen molar-refractivity contribution in [1.29, 1.82) is 0 Å². The molecule has 4 atom stereocenters. The summed E-state index contributed by atoms with van der Waals surface area (Å²) in [5.74, 6) is -2.98. The summed E-state index contributed by atoms with van der Waals surface area (Å²) in [6, 6.07) is 0. The van der Waals surface area contributed by atoms with Crippen LogP contribution in [-0.2, 0) is 28.6 Å². The molecule has 0 aromatic heterocycles. The van der Waals surface area contributed by atoms with Crippen LogP contribution < -0.4 is 10.6 Å². The topological polar surface area (TPSA) is 143 Å². The molecule has 0 unspecified atom stereocenters. The number of aliphatic hydroxyl groups excluding tert-OH is 1. The number of rotatable bonds is 3. The fraction of sp³-hybridized carbons (Fsp3) is 0.688. The Bertz CT molecular complexity index is 692. The first-order valence-electron chi connectivity index (χ1n) is 8.18. The van der Waals surface area contributed by atoms with E-state index in [-0.39, 0.29) is 25.2 Å². The van der Waals surface area contributed by atoms with Crippen LogP contribution in [0.4, 0.5) is 0 Å². The molecule has 4 aliphatic rings. The lowest BCUT2D eigenvalue weighted by molar-refractivity contribution is -0.240. The SMILES string of the molecule is CC1(C)OC[C@@](C)([C@H](O)[C@@]23NC(=O)[C@@](O)(NC2=O)/C(=C/C=O)CCO3)O1. The number of fused-ring (bicyclic) bond motifs is 5. The van der Waals surface area contributed by atoms with Crippen molar-refractivity contribution in [3.8, 4) is 0 Å². The first-order chi connectivity index (χ1) is 12.0. The van der Waals surface area contributed by atoms with Crippen LogP contribution in [0.3, 0.4) is 0 Å². The van der Waals surface area contributed by atoms with Gasteiger partial charge in [-0.25, -0.2) is 0 Å². The molecule has 4 saturated heterocycles. The van der Waals surface area contributed by atoms with Gasteiger partial charge in [-0.1, -0.05) is 0 Å². The van der Waals surface area contributed by atoms with Crippen LogP contribution in [-0.4, -0.2) is 70.5 Å². The number of hydrogen-bond donors (Lipinski definition) is 4. The van der Waals surface area contributed by atoms with Crippen LogP contribution >= 0.6 is 0 Å². The van der Waals surface area contributed by atoms with Crippen LogP contribution in [0.15, 0.2) is 11.6 Å². The van der Waals surface area contributed by atoms with E-state index in [2.05, 4.69) is 10.6 Å². The van der Waals surface area contributed by atoms with E-state index < -0.39 is 40.8 Å². The molecular formula is C16H22N2O8. The minimum absolute atomic E-state index is 0.00300. The van der Waals surface area contributed by atoms with Crippen LogP contribution in [0.1, 0.15) is 27.2 Å². The molecule has 144 valence electrons. The zero-order valence-electron chi connectivity index (χ0n) is 14.7. The number of hydrogen-bond acceptors (Lipinski definition) is 8. The fourth-order valence-corrected chi connectivity index (χ4v) is 3.52. The number of amides is 2. The Balaban J connectivity index is 1.99. The summed E-state index contributed by atoms with van der Waals surface area (Å²) in [4.78, 5) is 36.1. The Morgan fingerprint density at radius 3 is 2.42 bits per heavy atom. The van der Waals surface area contributed by atoms with Crippen molar-refractivity contribution in [2.45, 2.75) is 56.1 Å². The highest BCUT2D eigenvalue weighted by molar-refractivity contribution is 6.03. The molecule has 2 amide bonds. The summed E-state index contributed by atoms with van der Waals surface area (Å²) in [6.45, 7) is 4.65. The van der Waals surface area contributed by atoms with Gasteiger partial charge in [0.15, 0.2) is 5.79 Å². The summed E-state index contributed by atoms with van der Waals surface area (Å²) < 4.78 is 16.8. The number of ether oxygens (including phenoxy) is 3. The van der Waals surface area contributed by atoms with Gasteiger partial charge in [0.2, 0.25) is 5.72 Å². The van der Waals surface area contributed by atoms with Gasteiger partial charge >= 0.3 is 0 Å². The normalized spacial score (nSPS) is 42.0. The molecule has 0 aromatic carbocycles. The lowest BCUT2D eigenvalue weighted by atomic mass is 9.84. The molecule has 0 radical (unpaired) electrons. The molecule has 2 bridgehead atoms. The van der Waals surface area contributed by atoms with Crippen molar-refractivity contribution in [2.75, 3.05) is 13.2 Å². The van der Waals surface area contributed by atoms with E-state index >= 15 is 0 Å². The number of carbonyl (C=O) groups excluding carboxylic acids is 3. The van der Waals surface area contributed by atoms with E-state index in [9.17, 15) is 24.6 Å². The molecule has 4 heterocycles. The maximum absolute atomic E-state index is 12.8. The first-order valence-corrected chi connectivity index (χ1v) is 8.18. The average molecular weight is 370 g/mol. The van der Waals surface area contributed by atoms with Gasteiger partial charge in [-0.3, -0.25) is 14.4 Å². The second-order valence-electron chi connectivity index (χ2n) is 7.29. The van der Waals surface area contributed by atoms with Crippen molar-refractivity contribution in [3.63, 3.8) is 0 Å². The van der Waals surface area contributed by atoms with Gasteiger partial charge in [-0.05, 0) is 38.8 Å². The molecule has 0 aliphatic carbocycles. The number of allylic oxidation sites excluding steroid dienone is 1. The molecule has 0 aromatic rings. The highest BCUT2D eigenvalue weighted by Crippen LogP contribution is 2.40. The average Bonchev–Trinajstić information content (AvgIpc) is 2.84. The molecule has 4 fully saturated rings. The lowest BCUT2D eigenvalue weighted by Crippen LogP contribution is -2.82. The minimum Gasteiger partial charge on any atom is -0.384 e. The van der Waals surface area contributed by atoms with E-state index in [0.29, 0.717) is 6.29 Å². The van der Waals surface area contributed by atoms with E-state index in [1.807, 2.05) is 0 Å². The molecule has 4 aliphatic heterocycles. The first kappa shape index (κ1) is 18.9. The lowest BCUT2D eigenvalue weighted by Gasteiger charge is -2.50. The zero-order valence-corrected chi connectivity index (χ0v) is 14.7. The maximum Gasteiger partial charge on any atom is 0.280 e. The standard InChI is InChI=1S/C16H22N2O8/c1-13(2)25-8-14(3,26-13)10(20)16-12(22)17-15(23,11(21)18-16)9(4-6-19)5-7-24-16/h4,6,10,20,23H,5,7-8H2,1-3H3,(H,17,22)(H,18,21)/b9-4+/t10-,14-,15+,16-/m0/s1. The number of piperazine rings is 1. The molecule has 10 heteroatoms. The summed E-state index contributed by atoms with van der Waals surface area (Å²) >= 11 is 0. The van der Waals surface area contributed by atoms with Gasteiger partial charge in [-0.2, -0.15) is 0 Å². The minimum atomic E-state index is -2.39. The molecule has 26 heavy (non-hydrogen) atoms. The zero-order chi connectivity index (χ0) is 19.4. The van der Waals surface area contributed by atoms with Crippen molar-refractivity contribution in [1.82, 2.24) is 10.6 Å². The number of nitrogens with one attached hydrogen (secondary N) is 2. The third-order valence-electron chi connectivity index (χ3n) is 4.84. The molecule has 0 spiro atoms. The van der Waals surface area contributed by atoms with Crippen molar-refractivity contribution in [3.05, 3.63) is 11.6 Å². The Labute approximate surface area is 149 Å². The van der Waals surface area contributed by atoms with Crippen LogP contribution in [0.2, 0.25) is 0 Å². The van der Waals surface area contributed by atoms with Crippen LogP contribution in [0.25, 0.3) is 0 Å². The van der Waals surface area contributed by atoms with Crippen molar-refractivity contribution >= 4 is 18.1 Å². The van der Waals surface area contributed by atoms with Gasteiger partial charge in [0.1, 0.15) is 18.0 Å². The molecule has 4 N–H and O–H groups in total. The van der Waals surface area contributed by atoms with Crippen molar-refractivity contribution in [2.24, 2.45) is 0 Å². The number of aliphatic hydroxyl groups is 2. The van der Waals surface area contributed by atoms with Crippen LogP contribution in [0.5, 0.6) is 0 Å². The Kier molecular flexibility index (Phi) is 4.24. The molecule has 4 rings (SSSR count). The second kappa shape index (κ2) is 5.83. The van der Waals surface area contributed by atoms with Gasteiger partial charge < -0.3 is 35.1 Å². The number of carbonyl (C=O) groups is 3. The predicted octanol–water partition coefficient (Wildman–Crippen LogP) is -1.93. The second-order valence-corrected chi connectivity index (χ2v) is 7.29. The van der Waals surface area contributed by atoms with E-state index in [1.165, 1.54) is 6.92 Å². The van der Waals surface area contributed by atoms with Crippen molar-refractivity contribution < 1.29 is 38.8 Å². The Morgan fingerprint density at radius 2 is 1.85 bits per heavy atom. The fourth-order valence-electron chi connectivity index (χ4n) is 3.52. The summed E-state index contributed by atoms with van der Waals surface area (Å²) in [5.41, 5.74) is -5.94. The Morgan fingerprint density at radius 1 is 1.15 bits per heavy atom. The largest absolute Gasteiger partial charge is 0.384 e. The van der Waals surface area contributed by atoms with Gasteiger partial charge in [0.25, 0.3) is 17.5 Å². The summed E-state index contributed by atoms with van der Waals surface area (Å²) in [5, 5.41) is 26.0. The predicted molar refractivity (Wildman–Crippen MR) is 84.2 cm³/mol. The van der Waals surface area contributed by atoms with E-state index in [1.54, 1.807) is 13.8 Å². The third kappa shape index (κ3) is 2.65. The smallest absolute Gasteiger partial charge is 0.280 e. The Hall–Kier alpha value is -1.85. The summed E-state index contributed by atoms with van der Waals surface area (Å²) in [7, 11) is 0. The van der Waals surface area contributed by atoms with Gasteiger partial charge in [-0.15, -0.1) is 0 Å². The van der Waals surface area contributed by atoms with Crippen LogP contribution in [0, 0.1) is 0 Å². The third-order valence-corrected chi connectivity index (χ3v) is 4.84. The van der Waals surface area contributed by atoms with E-state index in [0.717, 1.165) is 6.08 Å². The highest BCUT2D eigenvalue weighted by Gasteiger charge is 2.65. The highest BCUT2D eigenvalue weighted by atomic mass is 16.8. The van der Waals surface area contributed by atoms with E-state index in [4.69, 9.17) is 14.2 Å². The maximum atomic E-state index is 12.8. The van der Waals surface area contributed by atoms with Gasteiger partial charge in [0.05, 0.1) is 13.2 Å². The quantitative estimate of drug-likeness (QED) is 0.332. The molecule has 0 saturated carbocycles. The molecule has 10 nitrogen and oxygen atoms in total. The summed E-state index contributed by atoms with van der Waals surface area (Å²) in [6.07, 6.45) is -0.244. The number of aldehydes is 1. The van der Waals surface area contributed by atoms with Gasteiger partial charge in [0, 0.05) is 0 Å². The monoisotopic (exact) mass is 370 g/mol. The molecular weight excluding hydrogens is 348 g/mol.